The Bertz CT molecular complexity index is 506. The third kappa shape index (κ3) is 2.84. The molecular weight excluding hydrogens is 262 g/mol. The van der Waals surface area contributed by atoms with Gasteiger partial charge in [-0.25, -0.2) is 9.97 Å². The minimum atomic E-state index is 0.714. The molecule has 1 aliphatic heterocycles. The molecule has 0 aromatic carbocycles. The van der Waals surface area contributed by atoms with Crippen LogP contribution in [0.15, 0.2) is 22.8 Å². The molecule has 18 heavy (non-hydrogen) atoms. The molecule has 3 rings (SSSR count). The summed E-state index contributed by atoms with van der Waals surface area (Å²) in [7, 11) is 0. The highest BCUT2D eigenvalue weighted by molar-refractivity contribution is 7.99. The normalized spacial score (nSPS) is 20.3. The molecule has 1 N–H and O–H groups in total. The lowest BCUT2D eigenvalue weighted by Gasteiger charge is -2.23. The highest BCUT2D eigenvalue weighted by Crippen LogP contribution is 2.28. The number of aromatic nitrogens is 2. The van der Waals surface area contributed by atoms with Gasteiger partial charge in [-0.2, -0.15) is 0 Å². The standard InChI is InChI=1S/C13H17N3S2/c1-2-6-14-10(3-1)4-7-17-12-11-5-8-18-13(11)16-9-15-12/h5,8-10,14H,1-4,6-7H2. The van der Waals surface area contributed by atoms with E-state index in [1.54, 1.807) is 17.7 Å². The van der Waals surface area contributed by atoms with Crippen molar-refractivity contribution < 1.29 is 0 Å². The molecule has 2 aromatic heterocycles. The second-order valence-corrected chi connectivity index (χ2v) is 6.58. The lowest BCUT2D eigenvalue weighted by molar-refractivity contribution is 0.395. The lowest BCUT2D eigenvalue weighted by atomic mass is 10.0. The third-order valence-corrected chi connectivity index (χ3v) is 5.20. The summed E-state index contributed by atoms with van der Waals surface area (Å²) in [5.41, 5.74) is 0. The van der Waals surface area contributed by atoms with Crippen LogP contribution in [0, 0.1) is 0 Å². The third-order valence-electron chi connectivity index (χ3n) is 3.34. The molecule has 1 saturated heterocycles. The molecule has 0 spiro atoms. The molecule has 1 unspecified atom stereocenters. The van der Waals surface area contributed by atoms with Crippen LogP contribution in [0.5, 0.6) is 0 Å². The summed E-state index contributed by atoms with van der Waals surface area (Å²) in [6.07, 6.45) is 6.97. The van der Waals surface area contributed by atoms with Crippen LogP contribution in [0.2, 0.25) is 0 Å². The number of thiophene rings is 1. The Morgan fingerprint density at radius 1 is 1.39 bits per heavy atom. The molecule has 2 aromatic rings. The van der Waals surface area contributed by atoms with Gasteiger partial charge in [0.15, 0.2) is 0 Å². The van der Waals surface area contributed by atoms with E-state index in [0.717, 1.165) is 15.6 Å². The molecule has 0 amide bonds. The SMILES string of the molecule is c1nc(SCCC2CCCCN2)c2ccsc2n1. The van der Waals surface area contributed by atoms with Gasteiger partial charge in [0.25, 0.3) is 0 Å². The maximum atomic E-state index is 4.40. The van der Waals surface area contributed by atoms with Crippen molar-refractivity contribution in [3.8, 4) is 0 Å². The van der Waals surface area contributed by atoms with Crippen LogP contribution < -0.4 is 5.32 Å². The van der Waals surface area contributed by atoms with Gasteiger partial charge in [0.05, 0.1) is 0 Å². The summed E-state index contributed by atoms with van der Waals surface area (Å²) in [5, 5.41) is 8.03. The van der Waals surface area contributed by atoms with E-state index in [1.807, 2.05) is 11.8 Å². The van der Waals surface area contributed by atoms with Crippen LogP contribution in [0.3, 0.4) is 0 Å². The van der Waals surface area contributed by atoms with Gasteiger partial charge in [0.2, 0.25) is 0 Å². The van der Waals surface area contributed by atoms with Gasteiger partial charge >= 0.3 is 0 Å². The first kappa shape index (κ1) is 12.4. The highest BCUT2D eigenvalue weighted by atomic mass is 32.2. The number of rotatable bonds is 4. The number of nitrogens with one attached hydrogen (secondary N) is 1. The van der Waals surface area contributed by atoms with Crippen LogP contribution in [0.25, 0.3) is 10.2 Å². The summed E-state index contributed by atoms with van der Waals surface area (Å²) in [5.74, 6) is 1.14. The summed E-state index contributed by atoms with van der Waals surface area (Å²) in [6.45, 7) is 1.19. The predicted molar refractivity (Wildman–Crippen MR) is 78.4 cm³/mol. The van der Waals surface area contributed by atoms with Crippen molar-refractivity contribution in [3.63, 3.8) is 0 Å². The van der Waals surface area contributed by atoms with Gasteiger partial charge in [-0.15, -0.1) is 23.1 Å². The molecule has 3 nitrogen and oxygen atoms in total. The van der Waals surface area contributed by atoms with E-state index in [4.69, 9.17) is 0 Å². The predicted octanol–water partition coefficient (Wildman–Crippen LogP) is 3.32. The van der Waals surface area contributed by atoms with E-state index in [-0.39, 0.29) is 0 Å². The Labute approximate surface area is 115 Å². The first-order valence-corrected chi connectivity index (χ1v) is 8.34. The molecule has 96 valence electrons. The highest BCUT2D eigenvalue weighted by Gasteiger charge is 2.12. The largest absolute Gasteiger partial charge is 0.314 e. The van der Waals surface area contributed by atoms with Crippen molar-refractivity contribution in [1.82, 2.24) is 15.3 Å². The maximum Gasteiger partial charge on any atom is 0.127 e. The van der Waals surface area contributed by atoms with E-state index < -0.39 is 0 Å². The van der Waals surface area contributed by atoms with Crippen LogP contribution in [0.4, 0.5) is 0 Å². The summed E-state index contributed by atoms with van der Waals surface area (Å²) in [6, 6.07) is 2.84. The molecule has 1 aliphatic rings. The van der Waals surface area contributed by atoms with Crippen LogP contribution in [-0.4, -0.2) is 28.3 Å². The first-order chi connectivity index (χ1) is 8.93. The van der Waals surface area contributed by atoms with Gasteiger partial charge in [-0.05, 0) is 37.3 Å². The second kappa shape index (κ2) is 5.99. The van der Waals surface area contributed by atoms with E-state index in [0.29, 0.717) is 6.04 Å². The Kier molecular flexibility index (Phi) is 4.13. The van der Waals surface area contributed by atoms with Crippen molar-refractivity contribution in [2.45, 2.75) is 36.8 Å². The van der Waals surface area contributed by atoms with Crippen molar-refractivity contribution in [2.24, 2.45) is 0 Å². The Morgan fingerprint density at radius 2 is 2.39 bits per heavy atom. The number of piperidine rings is 1. The zero-order valence-corrected chi connectivity index (χ0v) is 11.9. The molecule has 1 atom stereocenters. The zero-order chi connectivity index (χ0) is 12.2. The minimum absolute atomic E-state index is 0.714. The monoisotopic (exact) mass is 279 g/mol. The fraction of sp³-hybridized carbons (Fsp3) is 0.538. The number of hydrogen-bond acceptors (Lipinski definition) is 5. The van der Waals surface area contributed by atoms with E-state index >= 15 is 0 Å². The molecule has 0 aliphatic carbocycles. The Morgan fingerprint density at radius 3 is 3.28 bits per heavy atom. The van der Waals surface area contributed by atoms with Gasteiger partial charge in [0, 0.05) is 17.2 Å². The van der Waals surface area contributed by atoms with Crippen molar-refractivity contribution in [1.29, 1.82) is 0 Å². The number of fused-ring (bicyclic) bond motifs is 1. The molecule has 0 radical (unpaired) electrons. The quantitative estimate of drug-likeness (QED) is 0.688. The molecule has 3 heterocycles. The number of nitrogens with zero attached hydrogens (tertiary/aromatic N) is 2. The van der Waals surface area contributed by atoms with Crippen LogP contribution in [0.1, 0.15) is 25.7 Å². The second-order valence-electron chi connectivity index (χ2n) is 4.60. The molecule has 1 fully saturated rings. The summed E-state index contributed by atoms with van der Waals surface area (Å²) < 4.78 is 0. The van der Waals surface area contributed by atoms with Crippen molar-refractivity contribution >= 4 is 33.3 Å². The molecule has 0 bridgehead atoms. The lowest BCUT2D eigenvalue weighted by Crippen LogP contribution is -2.34. The molecule has 0 saturated carbocycles. The van der Waals surface area contributed by atoms with Crippen LogP contribution >= 0.6 is 23.1 Å². The number of thioether (sulfide) groups is 1. The molecule has 5 heteroatoms. The average Bonchev–Trinajstić information content (AvgIpc) is 2.89. The van der Waals surface area contributed by atoms with E-state index in [1.165, 1.54) is 37.6 Å². The van der Waals surface area contributed by atoms with Crippen LogP contribution in [-0.2, 0) is 0 Å². The maximum absolute atomic E-state index is 4.40. The van der Waals surface area contributed by atoms with Gasteiger partial charge in [0.1, 0.15) is 16.2 Å². The van der Waals surface area contributed by atoms with Gasteiger partial charge < -0.3 is 5.32 Å². The topological polar surface area (TPSA) is 37.8 Å². The molecular formula is C13H17N3S2. The smallest absolute Gasteiger partial charge is 0.127 e. The Balaban J connectivity index is 1.57. The first-order valence-electron chi connectivity index (χ1n) is 6.48. The summed E-state index contributed by atoms with van der Waals surface area (Å²) >= 11 is 3.55. The number of hydrogen-bond donors (Lipinski definition) is 1. The fourth-order valence-electron chi connectivity index (χ4n) is 2.35. The van der Waals surface area contributed by atoms with Crippen molar-refractivity contribution in [3.05, 3.63) is 17.8 Å². The minimum Gasteiger partial charge on any atom is -0.314 e. The fourth-order valence-corrected chi connectivity index (χ4v) is 4.19. The summed E-state index contributed by atoms with van der Waals surface area (Å²) in [4.78, 5) is 9.78. The Hall–Kier alpha value is -0.650. The van der Waals surface area contributed by atoms with Crippen molar-refractivity contribution in [2.75, 3.05) is 12.3 Å². The van der Waals surface area contributed by atoms with Gasteiger partial charge in [-0.1, -0.05) is 6.42 Å². The average molecular weight is 279 g/mol. The van der Waals surface area contributed by atoms with E-state index in [9.17, 15) is 0 Å². The van der Waals surface area contributed by atoms with E-state index in [2.05, 4.69) is 26.7 Å². The zero-order valence-electron chi connectivity index (χ0n) is 10.3. The van der Waals surface area contributed by atoms with Gasteiger partial charge in [-0.3, -0.25) is 0 Å².